The number of anilines is 2. The lowest BCUT2D eigenvalue weighted by atomic mass is 10.0. The normalized spacial score (nSPS) is 13.0. The van der Waals surface area contributed by atoms with Gasteiger partial charge in [0.05, 0.1) is 11.8 Å². The molecule has 6 nitrogen and oxygen atoms in total. The predicted molar refractivity (Wildman–Crippen MR) is 90.2 cm³/mol. The number of sulfonamides is 1. The van der Waals surface area contributed by atoms with Crippen molar-refractivity contribution >= 4 is 27.3 Å². The Morgan fingerprint density at radius 3 is 2.23 bits per heavy atom. The summed E-state index contributed by atoms with van der Waals surface area (Å²) in [6.45, 7) is 5.81. The van der Waals surface area contributed by atoms with E-state index in [1.54, 1.807) is 31.2 Å². The quantitative estimate of drug-likeness (QED) is 0.681. The number of nitrogens with one attached hydrogen (secondary N) is 2. The Bertz CT molecular complexity index is 583. The van der Waals surface area contributed by atoms with Crippen LogP contribution in [0.4, 0.5) is 11.4 Å². The van der Waals surface area contributed by atoms with E-state index in [1.165, 1.54) is 0 Å². The lowest BCUT2D eigenvalue weighted by Gasteiger charge is -2.14. The number of amides is 1. The summed E-state index contributed by atoms with van der Waals surface area (Å²) in [7, 11) is -3.30. The van der Waals surface area contributed by atoms with Crippen molar-refractivity contribution in [1.82, 2.24) is 0 Å². The highest BCUT2D eigenvalue weighted by atomic mass is 32.2. The van der Waals surface area contributed by atoms with E-state index in [1.807, 2.05) is 13.8 Å². The maximum absolute atomic E-state index is 11.9. The molecule has 1 rings (SSSR count). The highest BCUT2D eigenvalue weighted by molar-refractivity contribution is 7.92. The number of rotatable bonds is 8. The van der Waals surface area contributed by atoms with Gasteiger partial charge in [-0.05, 0) is 43.0 Å². The van der Waals surface area contributed by atoms with E-state index in [2.05, 4.69) is 10.0 Å². The highest BCUT2D eigenvalue weighted by Crippen LogP contribution is 2.16. The summed E-state index contributed by atoms with van der Waals surface area (Å²) in [6, 6.07) is 5.95. The number of nitrogens with two attached hydrogens (primary N) is 1. The Labute approximate surface area is 132 Å². The molecule has 1 aromatic carbocycles. The summed E-state index contributed by atoms with van der Waals surface area (Å²) in [4.78, 5) is 11.9. The van der Waals surface area contributed by atoms with E-state index in [4.69, 9.17) is 5.73 Å². The number of hydrogen-bond donors (Lipinski definition) is 3. The Kier molecular flexibility index (Phi) is 6.83. The zero-order valence-corrected chi connectivity index (χ0v) is 14.1. The van der Waals surface area contributed by atoms with Crippen LogP contribution in [0.1, 0.15) is 33.6 Å². The molecule has 0 aromatic heterocycles. The zero-order valence-electron chi connectivity index (χ0n) is 13.3. The Balaban J connectivity index is 2.64. The molecule has 7 heteroatoms. The molecule has 124 valence electrons. The molecule has 4 N–H and O–H groups in total. The van der Waals surface area contributed by atoms with Crippen LogP contribution in [0.5, 0.6) is 0 Å². The molecule has 22 heavy (non-hydrogen) atoms. The number of carbonyl (C=O) groups excluding carboxylic acids is 1. The molecule has 0 saturated carbocycles. The van der Waals surface area contributed by atoms with Gasteiger partial charge in [-0.25, -0.2) is 8.42 Å². The first kappa shape index (κ1) is 18.4. The van der Waals surface area contributed by atoms with E-state index >= 15 is 0 Å². The predicted octanol–water partition coefficient (Wildman–Crippen LogP) is 2.15. The minimum atomic E-state index is -3.30. The van der Waals surface area contributed by atoms with Crippen LogP contribution in [0.15, 0.2) is 24.3 Å². The Hall–Kier alpha value is -1.60. The van der Waals surface area contributed by atoms with E-state index < -0.39 is 16.1 Å². The smallest absolute Gasteiger partial charge is 0.241 e. The van der Waals surface area contributed by atoms with Gasteiger partial charge in [-0.15, -0.1) is 0 Å². The largest absolute Gasteiger partial charge is 0.325 e. The van der Waals surface area contributed by atoms with Crippen LogP contribution < -0.4 is 15.8 Å². The third kappa shape index (κ3) is 6.44. The Morgan fingerprint density at radius 1 is 1.18 bits per heavy atom. The first-order valence-corrected chi connectivity index (χ1v) is 9.05. The summed E-state index contributed by atoms with van der Waals surface area (Å²) in [6.07, 6.45) is 1.16. The van der Waals surface area contributed by atoms with E-state index in [-0.39, 0.29) is 11.7 Å². The molecule has 1 amide bonds. The number of benzene rings is 1. The lowest BCUT2D eigenvalue weighted by Crippen LogP contribution is -2.36. The molecule has 0 unspecified atom stereocenters. The molecule has 1 atom stereocenters. The van der Waals surface area contributed by atoms with E-state index in [9.17, 15) is 13.2 Å². The first-order valence-electron chi connectivity index (χ1n) is 7.40. The molecule has 0 bridgehead atoms. The van der Waals surface area contributed by atoms with Crippen molar-refractivity contribution in [2.45, 2.75) is 39.7 Å². The third-order valence-corrected chi connectivity index (χ3v) is 4.45. The maximum atomic E-state index is 11.9. The summed E-state index contributed by atoms with van der Waals surface area (Å²) < 4.78 is 25.8. The second-order valence-electron chi connectivity index (χ2n) is 5.72. The molecule has 0 spiro atoms. The van der Waals surface area contributed by atoms with Gasteiger partial charge in [-0.2, -0.15) is 0 Å². The van der Waals surface area contributed by atoms with Gasteiger partial charge >= 0.3 is 0 Å². The van der Waals surface area contributed by atoms with Crippen molar-refractivity contribution in [2.24, 2.45) is 11.7 Å². The molecule has 0 aliphatic carbocycles. The summed E-state index contributed by atoms with van der Waals surface area (Å²) in [5.74, 6) is 0.180. The fourth-order valence-electron chi connectivity index (χ4n) is 1.97. The van der Waals surface area contributed by atoms with Gasteiger partial charge in [-0.1, -0.05) is 20.8 Å². The van der Waals surface area contributed by atoms with Crippen LogP contribution in [0.3, 0.4) is 0 Å². The van der Waals surface area contributed by atoms with Crippen molar-refractivity contribution in [3.05, 3.63) is 24.3 Å². The van der Waals surface area contributed by atoms with Crippen molar-refractivity contribution in [2.75, 3.05) is 15.8 Å². The van der Waals surface area contributed by atoms with E-state index in [0.717, 1.165) is 0 Å². The van der Waals surface area contributed by atoms with Crippen LogP contribution in [-0.4, -0.2) is 26.1 Å². The van der Waals surface area contributed by atoms with Crippen LogP contribution >= 0.6 is 0 Å². The topological polar surface area (TPSA) is 101 Å². The first-order chi connectivity index (χ1) is 10.2. The summed E-state index contributed by atoms with van der Waals surface area (Å²) in [5.41, 5.74) is 6.86. The second-order valence-corrected chi connectivity index (χ2v) is 7.57. The average Bonchev–Trinajstić information content (AvgIpc) is 2.39. The van der Waals surface area contributed by atoms with Gasteiger partial charge in [0.25, 0.3) is 0 Å². The van der Waals surface area contributed by atoms with Crippen LogP contribution in [0.2, 0.25) is 0 Å². The SMILES string of the molecule is CCCS(=O)(=O)Nc1ccc(NC(=O)[C@@H](N)CC(C)C)cc1. The van der Waals surface area contributed by atoms with Crippen molar-refractivity contribution in [3.63, 3.8) is 0 Å². The highest BCUT2D eigenvalue weighted by Gasteiger charge is 2.15. The molecule has 0 radical (unpaired) electrons. The number of hydrogen-bond acceptors (Lipinski definition) is 4. The van der Waals surface area contributed by atoms with Crippen molar-refractivity contribution in [1.29, 1.82) is 0 Å². The van der Waals surface area contributed by atoms with Gasteiger partial charge in [-0.3, -0.25) is 9.52 Å². The van der Waals surface area contributed by atoms with E-state index in [0.29, 0.717) is 30.1 Å². The molecule has 0 aliphatic heterocycles. The Morgan fingerprint density at radius 2 is 1.73 bits per heavy atom. The van der Waals surface area contributed by atoms with Crippen LogP contribution in [-0.2, 0) is 14.8 Å². The molecule has 0 heterocycles. The molecule has 0 aliphatic rings. The van der Waals surface area contributed by atoms with Gasteiger partial charge in [0.15, 0.2) is 0 Å². The van der Waals surface area contributed by atoms with Gasteiger partial charge in [0.2, 0.25) is 15.9 Å². The molecule has 1 aromatic rings. The van der Waals surface area contributed by atoms with Gasteiger partial charge in [0.1, 0.15) is 0 Å². The van der Waals surface area contributed by atoms with Crippen molar-refractivity contribution < 1.29 is 13.2 Å². The fraction of sp³-hybridized carbons (Fsp3) is 0.533. The zero-order chi connectivity index (χ0) is 16.8. The monoisotopic (exact) mass is 327 g/mol. The average molecular weight is 327 g/mol. The lowest BCUT2D eigenvalue weighted by molar-refractivity contribution is -0.117. The van der Waals surface area contributed by atoms with Crippen molar-refractivity contribution in [3.8, 4) is 0 Å². The van der Waals surface area contributed by atoms with Crippen LogP contribution in [0.25, 0.3) is 0 Å². The van der Waals surface area contributed by atoms with Gasteiger partial charge < -0.3 is 11.1 Å². The molecule has 0 saturated heterocycles. The molecular formula is C15H25N3O3S. The molecular weight excluding hydrogens is 302 g/mol. The minimum Gasteiger partial charge on any atom is -0.325 e. The van der Waals surface area contributed by atoms with Crippen LogP contribution in [0, 0.1) is 5.92 Å². The number of carbonyl (C=O) groups is 1. The summed E-state index contributed by atoms with van der Waals surface area (Å²) >= 11 is 0. The standard InChI is InChI=1S/C15H25N3O3S/c1-4-9-22(20,21)18-13-7-5-12(6-8-13)17-15(19)14(16)10-11(2)3/h5-8,11,14,18H,4,9-10,16H2,1-3H3,(H,17,19)/t14-/m0/s1. The minimum absolute atomic E-state index is 0.0789. The summed E-state index contributed by atoms with van der Waals surface area (Å²) in [5, 5.41) is 2.72. The second kappa shape index (κ2) is 8.14. The molecule has 0 fully saturated rings. The third-order valence-electron chi connectivity index (χ3n) is 2.96. The van der Waals surface area contributed by atoms with Gasteiger partial charge in [0, 0.05) is 11.4 Å². The maximum Gasteiger partial charge on any atom is 0.241 e. The fourth-order valence-corrected chi connectivity index (χ4v) is 3.11.